The molecule has 2 aliphatic rings. The Morgan fingerprint density at radius 1 is 0.709 bits per heavy atom. The molecule has 0 aliphatic heterocycles. The third-order valence-corrected chi connectivity index (χ3v) is 12.9. The Balaban J connectivity index is 1.74. The summed E-state index contributed by atoms with van der Waals surface area (Å²) in [5.41, 5.74) is -1.31. The summed E-state index contributed by atoms with van der Waals surface area (Å²) in [4.78, 5) is 13.6. The number of ether oxygens (including phenoxy) is 1. The molecule has 0 amide bonds. The SMILES string of the molecule is CCOC(=O)C1C(c2cccc(C(F)(F)F)c2)=C2CC(c3cccc(C(F)(F)F)c3)=C2CC(S(=O)(=O)c2ccc(C)cc2)/C1=N/S(=O)(=O)c1ccc(C)cc1. The number of esters is 1. The fourth-order valence-corrected chi connectivity index (χ4v) is 9.67. The molecule has 0 N–H and O–H groups in total. The van der Waals surface area contributed by atoms with Crippen LogP contribution in [0.15, 0.2) is 122 Å². The molecular formula is C40H33F6NO6S2. The van der Waals surface area contributed by atoms with E-state index in [9.17, 15) is 48.0 Å². The normalized spacial score (nSPS) is 18.8. The largest absolute Gasteiger partial charge is 0.465 e. The Labute approximate surface area is 314 Å². The van der Waals surface area contributed by atoms with Crippen LogP contribution in [0.2, 0.25) is 0 Å². The number of allylic oxidation sites excluding steroid dienone is 3. The summed E-state index contributed by atoms with van der Waals surface area (Å²) >= 11 is 0. The molecule has 0 radical (unpaired) electrons. The smallest absolute Gasteiger partial charge is 0.416 e. The van der Waals surface area contributed by atoms with Crippen LogP contribution < -0.4 is 0 Å². The molecular weight excluding hydrogens is 769 g/mol. The zero-order valence-electron chi connectivity index (χ0n) is 29.5. The molecule has 2 atom stereocenters. The number of rotatable bonds is 8. The van der Waals surface area contributed by atoms with Crippen LogP contribution in [0, 0.1) is 19.8 Å². The molecule has 2 aliphatic carbocycles. The summed E-state index contributed by atoms with van der Waals surface area (Å²) in [6.07, 6.45) is -10.4. The molecule has 7 nitrogen and oxygen atoms in total. The first-order valence-electron chi connectivity index (χ1n) is 16.9. The lowest BCUT2D eigenvalue weighted by Crippen LogP contribution is -2.39. The minimum absolute atomic E-state index is 0.0591. The molecule has 0 bridgehead atoms. The second-order valence-electron chi connectivity index (χ2n) is 13.2. The van der Waals surface area contributed by atoms with Crippen molar-refractivity contribution in [1.29, 1.82) is 0 Å². The Morgan fingerprint density at radius 2 is 1.22 bits per heavy atom. The lowest BCUT2D eigenvalue weighted by Gasteiger charge is -2.31. The fourth-order valence-electron chi connectivity index (χ4n) is 6.77. The van der Waals surface area contributed by atoms with Crippen molar-refractivity contribution in [3.8, 4) is 0 Å². The molecule has 0 aromatic heterocycles. The van der Waals surface area contributed by atoms with E-state index >= 15 is 0 Å². The first-order valence-corrected chi connectivity index (χ1v) is 19.9. The first kappa shape index (κ1) is 39.7. The zero-order chi connectivity index (χ0) is 40.1. The van der Waals surface area contributed by atoms with E-state index in [0.717, 1.165) is 30.3 Å². The zero-order valence-corrected chi connectivity index (χ0v) is 31.1. The van der Waals surface area contributed by atoms with E-state index in [1.54, 1.807) is 13.8 Å². The molecule has 6 rings (SSSR count). The van der Waals surface area contributed by atoms with E-state index in [0.29, 0.717) is 11.1 Å². The predicted octanol–water partition coefficient (Wildman–Crippen LogP) is 9.21. The maximum absolute atomic E-state index is 14.8. The maximum Gasteiger partial charge on any atom is 0.416 e. The quantitative estimate of drug-likeness (QED) is 0.130. The number of alkyl halides is 6. The van der Waals surface area contributed by atoms with Crippen LogP contribution in [-0.2, 0) is 41.7 Å². The van der Waals surface area contributed by atoms with Crippen molar-refractivity contribution in [3.63, 3.8) is 0 Å². The molecule has 4 aromatic rings. The van der Waals surface area contributed by atoms with Gasteiger partial charge in [0.1, 0.15) is 11.2 Å². The van der Waals surface area contributed by atoms with Gasteiger partial charge in [0.15, 0.2) is 9.84 Å². The van der Waals surface area contributed by atoms with Crippen molar-refractivity contribution in [1.82, 2.24) is 0 Å². The number of halogens is 6. The van der Waals surface area contributed by atoms with Crippen LogP contribution >= 0.6 is 0 Å². The first-order chi connectivity index (χ1) is 25.7. The van der Waals surface area contributed by atoms with Crippen molar-refractivity contribution in [3.05, 3.63) is 142 Å². The minimum atomic E-state index is -4.87. The van der Waals surface area contributed by atoms with Crippen LogP contribution in [0.3, 0.4) is 0 Å². The Hall–Kier alpha value is -5.02. The van der Waals surface area contributed by atoms with E-state index in [-0.39, 0.29) is 56.2 Å². The van der Waals surface area contributed by atoms with Crippen molar-refractivity contribution < 1.29 is 52.7 Å². The summed E-state index contributed by atoms with van der Waals surface area (Å²) in [5, 5.41) is -1.96. The molecule has 0 spiro atoms. The van der Waals surface area contributed by atoms with Crippen molar-refractivity contribution in [2.45, 2.75) is 61.0 Å². The van der Waals surface area contributed by atoms with E-state index in [2.05, 4.69) is 4.40 Å². The molecule has 15 heteroatoms. The number of benzene rings is 4. The fraction of sp³-hybridized carbons (Fsp3) is 0.250. The van der Waals surface area contributed by atoms with E-state index in [1.807, 2.05) is 0 Å². The van der Waals surface area contributed by atoms with Gasteiger partial charge in [-0.25, -0.2) is 8.42 Å². The van der Waals surface area contributed by atoms with E-state index in [1.165, 1.54) is 73.7 Å². The number of sulfone groups is 1. The number of carbonyl (C=O) groups excluding carboxylic acids is 1. The monoisotopic (exact) mass is 801 g/mol. The van der Waals surface area contributed by atoms with Gasteiger partial charge >= 0.3 is 18.3 Å². The van der Waals surface area contributed by atoms with Crippen LogP contribution in [0.1, 0.15) is 53.1 Å². The number of aryl methyl sites for hydroxylation is 2. The third-order valence-electron chi connectivity index (χ3n) is 9.54. The number of fused-ring (bicyclic) bond motifs is 1. The van der Waals surface area contributed by atoms with Gasteiger partial charge in [-0.05, 0) is 116 Å². The van der Waals surface area contributed by atoms with E-state index in [4.69, 9.17) is 4.74 Å². The van der Waals surface area contributed by atoms with Gasteiger partial charge in [0.05, 0.1) is 33.2 Å². The van der Waals surface area contributed by atoms with Gasteiger partial charge in [0.25, 0.3) is 10.0 Å². The average molecular weight is 802 g/mol. The molecule has 4 aromatic carbocycles. The Bertz CT molecular complexity index is 2480. The number of sulfonamides is 1. The average Bonchev–Trinajstić information content (AvgIpc) is 3.20. The highest BCUT2D eigenvalue weighted by Crippen LogP contribution is 2.53. The van der Waals surface area contributed by atoms with Gasteiger partial charge in [0.2, 0.25) is 0 Å². The minimum Gasteiger partial charge on any atom is -0.465 e. The summed E-state index contributed by atoms with van der Waals surface area (Å²) in [5.74, 6) is -3.16. The summed E-state index contributed by atoms with van der Waals surface area (Å²) in [7, 11) is -9.54. The van der Waals surface area contributed by atoms with Crippen molar-refractivity contribution in [2.24, 2.45) is 10.3 Å². The lowest BCUT2D eigenvalue weighted by molar-refractivity contribution is -0.144. The summed E-state index contributed by atoms with van der Waals surface area (Å²) in [6, 6.07) is 19.1. The standard InChI is InChI=1S/C40H33F6NO6S2/c1-4-53-38(48)36-35(26-8-6-10-28(20-26)40(44,45)46)33-21-31(25-7-5-9-27(19-25)39(41,42)43)32(33)22-34(54(49,50)29-15-11-23(2)12-16-29)37(36)47-55(51,52)30-17-13-24(3)14-18-30/h5-20,34,36H,4,21-22H2,1-3H3/b47-37-. The van der Waals surface area contributed by atoms with Crippen LogP contribution in [0.5, 0.6) is 0 Å². The van der Waals surface area contributed by atoms with Crippen LogP contribution in [0.4, 0.5) is 26.3 Å². The van der Waals surface area contributed by atoms with Crippen molar-refractivity contribution >= 4 is 42.7 Å². The molecule has 55 heavy (non-hydrogen) atoms. The van der Waals surface area contributed by atoms with Crippen molar-refractivity contribution in [2.75, 3.05) is 6.61 Å². The molecule has 0 saturated carbocycles. The maximum atomic E-state index is 14.8. The second kappa shape index (κ2) is 14.6. The summed E-state index contributed by atoms with van der Waals surface area (Å²) in [6.45, 7) is 4.56. The Kier molecular flexibility index (Phi) is 10.5. The van der Waals surface area contributed by atoms with Gasteiger partial charge < -0.3 is 4.74 Å². The third kappa shape index (κ3) is 7.90. The number of hydrogen-bond donors (Lipinski definition) is 0. The highest BCUT2D eigenvalue weighted by molar-refractivity contribution is 7.93. The second-order valence-corrected chi connectivity index (χ2v) is 17.0. The van der Waals surface area contributed by atoms with Gasteiger partial charge in [-0.2, -0.15) is 39.2 Å². The summed E-state index contributed by atoms with van der Waals surface area (Å²) < 4.78 is 151. The predicted molar refractivity (Wildman–Crippen MR) is 194 cm³/mol. The molecule has 0 fully saturated rings. The van der Waals surface area contributed by atoms with Gasteiger partial charge in [-0.15, -0.1) is 0 Å². The van der Waals surface area contributed by atoms with Gasteiger partial charge in [0, 0.05) is 0 Å². The Morgan fingerprint density at radius 3 is 1.75 bits per heavy atom. The topological polar surface area (TPSA) is 107 Å². The number of hydrogen-bond acceptors (Lipinski definition) is 6. The highest BCUT2D eigenvalue weighted by Gasteiger charge is 2.49. The number of nitrogens with zero attached hydrogens (tertiary/aromatic N) is 1. The highest BCUT2D eigenvalue weighted by atomic mass is 32.2. The van der Waals surface area contributed by atoms with Gasteiger partial charge in [-0.3, -0.25) is 4.79 Å². The van der Waals surface area contributed by atoms with Gasteiger partial charge in [-0.1, -0.05) is 59.7 Å². The molecule has 288 valence electrons. The molecule has 2 unspecified atom stereocenters. The van der Waals surface area contributed by atoms with Crippen LogP contribution in [-0.4, -0.2) is 40.4 Å². The molecule has 0 saturated heterocycles. The lowest BCUT2D eigenvalue weighted by atomic mass is 9.73. The van der Waals surface area contributed by atoms with E-state index < -0.39 is 72.6 Å². The van der Waals surface area contributed by atoms with Crippen LogP contribution in [0.25, 0.3) is 11.1 Å². The molecule has 0 heterocycles. The number of carbonyl (C=O) groups is 1.